The van der Waals surface area contributed by atoms with Gasteiger partial charge in [0.2, 0.25) is 29.5 Å². The Hall–Kier alpha value is -4.82. The Bertz CT molecular complexity index is 1780. The Morgan fingerprint density at radius 3 is 1.00 bits per heavy atom. The lowest BCUT2D eigenvalue weighted by Crippen LogP contribution is -2.63. The summed E-state index contributed by atoms with van der Waals surface area (Å²) >= 11 is 0. The lowest BCUT2D eigenvalue weighted by atomic mass is 9.90. The van der Waals surface area contributed by atoms with Gasteiger partial charge in [0.15, 0.2) is 0 Å². The highest BCUT2D eigenvalue weighted by atomic mass is 16.5. The van der Waals surface area contributed by atoms with Crippen LogP contribution in [0.15, 0.2) is 60.7 Å². The second-order valence-corrected chi connectivity index (χ2v) is 18.2. The van der Waals surface area contributed by atoms with Crippen molar-refractivity contribution in [3.05, 3.63) is 71.8 Å². The maximum absolute atomic E-state index is 14.5. The summed E-state index contributed by atoms with van der Waals surface area (Å²) in [6.07, 6.45) is 3.43. The first-order valence-corrected chi connectivity index (χ1v) is 24.1. The zero-order valence-corrected chi connectivity index (χ0v) is 41.5. The fraction of sp³-hybridized carbons (Fsp3) is 0.647. The van der Waals surface area contributed by atoms with E-state index in [9.17, 15) is 28.8 Å². The predicted molar refractivity (Wildman–Crippen MR) is 258 cm³/mol. The molecular weight excluding hydrogens is 823 g/mol. The van der Waals surface area contributed by atoms with Gasteiger partial charge in [0.05, 0.1) is 19.2 Å². The first-order valence-electron chi connectivity index (χ1n) is 24.1. The van der Waals surface area contributed by atoms with Gasteiger partial charge in [0.1, 0.15) is 30.2 Å². The van der Waals surface area contributed by atoms with Gasteiger partial charge in [-0.1, -0.05) is 182 Å². The zero-order chi connectivity index (χ0) is 49.0. The number of esters is 1. The van der Waals surface area contributed by atoms with Crippen molar-refractivity contribution in [2.24, 2.45) is 41.2 Å². The molecule has 0 aliphatic heterocycles. The van der Waals surface area contributed by atoms with Gasteiger partial charge in [0.25, 0.3) is 0 Å². The van der Waals surface area contributed by atoms with Crippen molar-refractivity contribution in [3.8, 4) is 0 Å². The van der Waals surface area contributed by atoms with E-state index in [1.54, 1.807) is 0 Å². The van der Waals surface area contributed by atoms with E-state index in [-0.39, 0.29) is 41.4 Å². The molecule has 8 N–H and O–H groups in total. The number of methoxy groups -OCH3 is 1. The van der Waals surface area contributed by atoms with Crippen molar-refractivity contribution in [2.75, 3.05) is 7.11 Å². The molecular formula is C51H83N7O7. The van der Waals surface area contributed by atoms with Gasteiger partial charge in [-0.2, -0.15) is 0 Å². The smallest absolute Gasteiger partial charge is 0.328 e. The molecule has 0 heterocycles. The third kappa shape index (κ3) is 16.2. The van der Waals surface area contributed by atoms with Gasteiger partial charge in [-0.3, -0.25) is 29.3 Å². The molecule has 5 amide bonds. The minimum atomic E-state index is -1.06. The minimum absolute atomic E-state index is 0.146. The summed E-state index contributed by atoms with van der Waals surface area (Å²) in [4.78, 5) is 84.1. The van der Waals surface area contributed by atoms with Crippen LogP contribution in [-0.2, 0) is 33.5 Å². The van der Waals surface area contributed by atoms with Crippen LogP contribution in [0.1, 0.15) is 145 Å². The SMILES string of the molecule is CC[C@H](C)[C@H](NC(=O)[C@@H](NC(=O)[C@@H](NC(c1ccccc1)C(N)c1ccccc1)[C@@H](C)CC)[C@@H](C)CC)C(=O)N[C@H](C(=O)N[C@H](C(=O)N[C@H](C(=O)OC)[C@@H](C)CC)[C@@H](C)CC)[C@@H](C)CC. The average Bonchev–Trinajstić information content (AvgIpc) is 3.33. The first-order chi connectivity index (χ1) is 30.8. The Morgan fingerprint density at radius 1 is 0.431 bits per heavy atom. The molecule has 2 aromatic rings. The van der Waals surface area contributed by atoms with Gasteiger partial charge in [-0.15, -0.1) is 0 Å². The Morgan fingerprint density at radius 2 is 0.692 bits per heavy atom. The molecule has 65 heavy (non-hydrogen) atoms. The summed E-state index contributed by atoms with van der Waals surface area (Å²) in [5.41, 5.74) is 8.76. The van der Waals surface area contributed by atoms with Crippen LogP contribution in [0, 0.1) is 35.5 Å². The number of amides is 5. The fourth-order valence-corrected chi connectivity index (χ4v) is 7.68. The van der Waals surface area contributed by atoms with Crippen molar-refractivity contribution in [1.82, 2.24) is 31.9 Å². The number of hydrogen-bond acceptors (Lipinski definition) is 9. The lowest BCUT2D eigenvalue weighted by Gasteiger charge is -2.35. The molecule has 0 fully saturated rings. The lowest BCUT2D eigenvalue weighted by molar-refractivity contribution is -0.147. The van der Waals surface area contributed by atoms with E-state index in [0.717, 1.165) is 11.1 Å². The highest BCUT2D eigenvalue weighted by Gasteiger charge is 2.39. The molecule has 0 bridgehead atoms. The molecule has 2 rings (SSSR count). The molecule has 0 spiro atoms. The van der Waals surface area contributed by atoms with Crippen molar-refractivity contribution >= 4 is 35.5 Å². The monoisotopic (exact) mass is 906 g/mol. The van der Waals surface area contributed by atoms with Crippen LogP contribution in [0.2, 0.25) is 0 Å². The van der Waals surface area contributed by atoms with Crippen molar-refractivity contribution in [3.63, 3.8) is 0 Å². The topological polar surface area (TPSA) is 210 Å². The maximum atomic E-state index is 14.5. The molecule has 2 unspecified atom stereocenters. The third-order valence-corrected chi connectivity index (χ3v) is 13.7. The average molecular weight is 906 g/mol. The maximum Gasteiger partial charge on any atom is 0.328 e. The summed E-state index contributed by atoms with van der Waals surface area (Å²) in [5.74, 6) is -4.81. The molecule has 0 saturated heterocycles. The van der Waals surface area contributed by atoms with Crippen LogP contribution in [-0.4, -0.2) is 78.9 Å². The van der Waals surface area contributed by atoms with Crippen molar-refractivity contribution < 1.29 is 33.5 Å². The van der Waals surface area contributed by atoms with E-state index in [1.165, 1.54) is 7.11 Å². The summed E-state index contributed by atoms with van der Waals surface area (Å²) < 4.78 is 4.97. The molecule has 14 atom stereocenters. The molecule has 14 heteroatoms. The second kappa shape index (κ2) is 28.3. The number of nitrogens with two attached hydrogens (primary N) is 1. The standard InChI is InChI=1S/C51H83N7O7/c1-14-30(7)39(53-45(37-28-24-21-25-29-37)38(52)36-26-22-20-23-27-36)46(59)54-40(31(8)15-2)47(60)55-41(32(9)16-3)48(61)56-42(33(10)17-4)49(62)57-43(34(11)18-5)50(63)58-44(35(12)19-6)51(64)65-13/h20-35,38-45,53H,14-19,52H2,1-13H3,(H,54,59)(H,55,60)(H,56,61)(H,57,62)(H,58,63)/t30-,31-,32-,33-,34-,35-,38?,39-,40-,41-,42-,43-,44-,45?/m0/s1. The third-order valence-electron chi connectivity index (χ3n) is 13.7. The number of ether oxygens (including phenoxy) is 1. The Balaban J connectivity index is 2.44. The number of carbonyl (C=O) groups excluding carboxylic acids is 6. The summed E-state index contributed by atoms with van der Waals surface area (Å²) in [7, 11) is 1.26. The van der Waals surface area contributed by atoms with Crippen LogP contribution in [0.4, 0.5) is 0 Å². The van der Waals surface area contributed by atoms with E-state index in [2.05, 4.69) is 31.9 Å². The highest BCUT2D eigenvalue weighted by Crippen LogP contribution is 2.29. The van der Waals surface area contributed by atoms with E-state index >= 15 is 0 Å². The minimum Gasteiger partial charge on any atom is -0.467 e. The van der Waals surface area contributed by atoms with Crippen LogP contribution in [0.3, 0.4) is 0 Å². The van der Waals surface area contributed by atoms with E-state index in [4.69, 9.17) is 10.5 Å². The molecule has 0 aliphatic carbocycles. The number of nitrogens with one attached hydrogen (secondary N) is 6. The van der Waals surface area contributed by atoms with Gasteiger partial charge in [0, 0.05) is 6.04 Å². The fourth-order valence-electron chi connectivity index (χ4n) is 7.68. The van der Waals surface area contributed by atoms with E-state index < -0.39 is 77.9 Å². The van der Waals surface area contributed by atoms with Crippen LogP contribution >= 0.6 is 0 Å². The predicted octanol–water partition coefficient (Wildman–Crippen LogP) is 6.26. The number of carbonyl (C=O) groups is 6. The van der Waals surface area contributed by atoms with Crippen molar-refractivity contribution in [2.45, 2.75) is 170 Å². The Labute approximate surface area is 389 Å². The Kier molecular flexibility index (Phi) is 24.5. The molecule has 364 valence electrons. The summed E-state index contributed by atoms with van der Waals surface area (Å²) in [6, 6.07) is 12.8. The van der Waals surface area contributed by atoms with Crippen LogP contribution < -0.4 is 37.6 Å². The number of rotatable bonds is 28. The van der Waals surface area contributed by atoms with Gasteiger partial charge in [-0.05, 0) is 46.6 Å². The molecule has 0 radical (unpaired) electrons. The van der Waals surface area contributed by atoms with Gasteiger partial charge < -0.3 is 37.1 Å². The summed E-state index contributed by atoms with van der Waals surface area (Å²) in [5, 5.41) is 18.3. The van der Waals surface area contributed by atoms with Gasteiger partial charge >= 0.3 is 5.97 Å². The molecule has 0 saturated carbocycles. The zero-order valence-electron chi connectivity index (χ0n) is 41.5. The molecule has 0 aromatic heterocycles. The van der Waals surface area contributed by atoms with Crippen molar-refractivity contribution in [1.29, 1.82) is 0 Å². The molecule has 0 aliphatic rings. The largest absolute Gasteiger partial charge is 0.467 e. The second-order valence-electron chi connectivity index (χ2n) is 18.2. The quantitative estimate of drug-likeness (QED) is 0.0480. The van der Waals surface area contributed by atoms with E-state index in [1.807, 2.05) is 144 Å². The van der Waals surface area contributed by atoms with E-state index in [0.29, 0.717) is 38.5 Å². The van der Waals surface area contributed by atoms with Crippen LogP contribution in [0.25, 0.3) is 0 Å². The van der Waals surface area contributed by atoms with Crippen LogP contribution in [0.5, 0.6) is 0 Å². The van der Waals surface area contributed by atoms with Gasteiger partial charge in [-0.25, -0.2) is 4.79 Å². The number of hydrogen-bond donors (Lipinski definition) is 7. The molecule has 14 nitrogen and oxygen atoms in total. The number of benzene rings is 2. The first kappa shape index (κ1) is 56.3. The normalized spacial score (nSPS) is 17.9. The highest BCUT2D eigenvalue weighted by molar-refractivity contribution is 5.97. The molecule has 2 aromatic carbocycles. The summed E-state index contributed by atoms with van der Waals surface area (Å²) in [6.45, 7) is 22.8.